The minimum absolute atomic E-state index is 0.0985. The van der Waals surface area contributed by atoms with Crippen LogP contribution in [0.1, 0.15) is 10.4 Å². The van der Waals surface area contributed by atoms with Crippen LogP contribution in [0.4, 0.5) is 28.9 Å². The van der Waals surface area contributed by atoms with Gasteiger partial charge in [0.25, 0.3) is 15.9 Å². The van der Waals surface area contributed by atoms with Gasteiger partial charge in [0.15, 0.2) is 0 Å². The van der Waals surface area contributed by atoms with Gasteiger partial charge in [0, 0.05) is 45.8 Å². The van der Waals surface area contributed by atoms with E-state index in [0.29, 0.717) is 18.8 Å². The standard InChI is InChI=1S/C21H26FN5O4S.C2HF3O2/c1-23-20(28)14-26(2)21(29)15-3-8-19(27-11-9-24-10-12-27)18(13-15)25-32(30,31)17-6-4-16(22)5-7-17;3-2(4,5)1(6)7/h3-8,13,24-25H,9-12,14H2,1-2H3,(H,23,28);(H,6,7). The number of amides is 2. The minimum Gasteiger partial charge on any atom is -0.475 e. The highest BCUT2D eigenvalue weighted by atomic mass is 32.2. The van der Waals surface area contributed by atoms with Crippen molar-refractivity contribution in [1.29, 1.82) is 0 Å². The molecule has 2 aromatic carbocycles. The molecule has 214 valence electrons. The fourth-order valence-corrected chi connectivity index (χ4v) is 4.40. The minimum atomic E-state index is -5.08. The molecule has 1 heterocycles. The largest absolute Gasteiger partial charge is 0.490 e. The van der Waals surface area contributed by atoms with Crippen molar-refractivity contribution in [2.75, 3.05) is 56.4 Å². The van der Waals surface area contributed by atoms with E-state index in [2.05, 4.69) is 15.4 Å². The first-order chi connectivity index (χ1) is 18.2. The van der Waals surface area contributed by atoms with E-state index < -0.39 is 33.9 Å². The Morgan fingerprint density at radius 3 is 2.15 bits per heavy atom. The molecule has 2 aromatic rings. The molecule has 0 aliphatic carbocycles. The number of hydrogen-bond donors (Lipinski definition) is 4. The van der Waals surface area contributed by atoms with Crippen molar-refractivity contribution >= 4 is 39.2 Å². The number of piperazine rings is 1. The Morgan fingerprint density at radius 1 is 1.08 bits per heavy atom. The Morgan fingerprint density at radius 2 is 1.64 bits per heavy atom. The summed E-state index contributed by atoms with van der Waals surface area (Å²) in [5.41, 5.74) is 1.09. The second-order valence-electron chi connectivity index (χ2n) is 8.17. The van der Waals surface area contributed by atoms with Gasteiger partial charge in [-0.3, -0.25) is 14.3 Å². The van der Waals surface area contributed by atoms with Crippen LogP contribution >= 0.6 is 0 Å². The fourth-order valence-electron chi connectivity index (χ4n) is 3.34. The maximum Gasteiger partial charge on any atom is 0.490 e. The second-order valence-corrected chi connectivity index (χ2v) is 9.85. The van der Waals surface area contributed by atoms with Crippen LogP contribution in [0.2, 0.25) is 0 Å². The number of halogens is 4. The Balaban J connectivity index is 0.000000673. The quantitative estimate of drug-likeness (QED) is 0.362. The van der Waals surface area contributed by atoms with Gasteiger partial charge < -0.3 is 25.5 Å². The SMILES string of the molecule is CNC(=O)CN(C)C(=O)c1ccc(N2CCNCC2)c(NS(=O)(=O)c2ccc(F)cc2)c1.O=C(O)C(F)(F)F. The molecule has 3 rings (SSSR count). The van der Waals surface area contributed by atoms with Gasteiger partial charge in [0.05, 0.1) is 22.8 Å². The van der Waals surface area contributed by atoms with Crippen LogP contribution in [0.3, 0.4) is 0 Å². The number of aliphatic carboxylic acids is 1. The summed E-state index contributed by atoms with van der Waals surface area (Å²) in [5.74, 6) is -4.05. The summed E-state index contributed by atoms with van der Waals surface area (Å²) in [6.07, 6.45) is -5.08. The van der Waals surface area contributed by atoms with Crippen molar-refractivity contribution in [3.8, 4) is 0 Å². The smallest absolute Gasteiger partial charge is 0.475 e. The number of hydrogen-bond acceptors (Lipinski definition) is 7. The fraction of sp³-hybridized carbons (Fsp3) is 0.348. The number of sulfonamides is 1. The number of likely N-dealkylation sites (N-methyl/N-ethyl adjacent to an activating group) is 2. The normalized spacial score (nSPS) is 13.5. The first-order valence-corrected chi connectivity index (χ1v) is 12.8. The van der Waals surface area contributed by atoms with Crippen LogP contribution in [0.5, 0.6) is 0 Å². The number of anilines is 2. The monoisotopic (exact) mass is 577 g/mol. The maximum absolute atomic E-state index is 13.2. The predicted molar refractivity (Wildman–Crippen MR) is 133 cm³/mol. The summed E-state index contributed by atoms with van der Waals surface area (Å²) < 4.78 is 73.4. The van der Waals surface area contributed by atoms with Crippen molar-refractivity contribution in [3.63, 3.8) is 0 Å². The average Bonchev–Trinajstić information content (AvgIpc) is 2.88. The maximum atomic E-state index is 13.2. The summed E-state index contributed by atoms with van der Waals surface area (Å²) in [6, 6.07) is 9.24. The molecule has 0 bridgehead atoms. The highest BCUT2D eigenvalue weighted by molar-refractivity contribution is 7.92. The molecule has 0 atom stereocenters. The molecule has 0 unspecified atom stereocenters. The van der Waals surface area contributed by atoms with Crippen LogP contribution in [0, 0.1) is 5.82 Å². The highest BCUT2D eigenvalue weighted by Gasteiger charge is 2.38. The second kappa shape index (κ2) is 13.2. The Hall–Kier alpha value is -3.92. The first-order valence-electron chi connectivity index (χ1n) is 11.3. The molecule has 39 heavy (non-hydrogen) atoms. The number of nitrogens with one attached hydrogen (secondary N) is 3. The van der Waals surface area contributed by atoms with E-state index in [1.54, 1.807) is 12.1 Å². The van der Waals surface area contributed by atoms with Crippen LogP contribution < -0.4 is 20.3 Å². The Kier molecular flexibility index (Phi) is 10.6. The molecule has 2 amide bonds. The number of benzene rings is 2. The van der Waals surface area contributed by atoms with E-state index in [9.17, 15) is 35.6 Å². The number of rotatable bonds is 7. The predicted octanol–water partition coefficient (Wildman–Crippen LogP) is 1.49. The van der Waals surface area contributed by atoms with Gasteiger partial charge in [0.2, 0.25) is 5.91 Å². The van der Waals surface area contributed by atoms with Gasteiger partial charge >= 0.3 is 12.1 Å². The molecule has 0 spiro atoms. The Labute approximate surface area is 221 Å². The molecular formula is C23H27F4N5O6S. The van der Waals surface area contributed by atoms with Gasteiger partial charge in [-0.05, 0) is 42.5 Å². The van der Waals surface area contributed by atoms with E-state index in [0.717, 1.165) is 25.2 Å². The molecule has 1 fully saturated rings. The molecule has 0 radical (unpaired) electrons. The van der Waals surface area contributed by atoms with E-state index in [1.807, 2.05) is 4.90 Å². The number of nitrogens with zero attached hydrogens (tertiary/aromatic N) is 2. The number of carbonyl (C=O) groups is 3. The van der Waals surface area contributed by atoms with Crippen LogP contribution in [0.25, 0.3) is 0 Å². The zero-order valence-electron chi connectivity index (χ0n) is 20.9. The zero-order chi connectivity index (χ0) is 29.4. The zero-order valence-corrected chi connectivity index (χ0v) is 21.7. The van der Waals surface area contributed by atoms with E-state index >= 15 is 0 Å². The molecule has 16 heteroatoms. The van der Waals surface area contributed by atoms with E-state index in [1.165, 1.54) is 37.2 Å². The topological polar surface area (TPSA) is 148 Å². The molecule has 11 nitrogen and oxygen atoms in total. The van der Waals surface area contributed by atoms with Crippen LogP contribution in [0.15, 0.2) is 47.4 Å². The van der Waals surface area contributed by atoms with Gasteiger partial charge in [0.1, 0.15) is 5.82 Å². The van der Waals surface area contributed by atoms with Crippen molar-refractivity contribution in [3.05, 3.63) is 53.8 Å². The lowest BCUT2D eigenvalue weighted by molar-refractivity contribution is -0.192. The average molecular weight is 578 g/mol. The van der Waals surface area contributed by atoms with Gasteiger partial charge in [-0.25, -0.2) is 17.6 Å². The summed E-state index contributed by atoms with van der Waals surface area (Å²) in [7, 11) is -1.06. The molecule has 1 aliphatic heterocycles. The van der Waals surface area contributed by atoms with Crippen molar-refractivity contribution in [1.82, 2.24) is 15.5 Å². The molecule has 0 saturated carbocycles. The summed E-state index contributed by atoms with van der Waals surface area (Å²) in [5, 5.41) is 12.8. The van der Waals surface area contributed by atoms with Gasteiger partial charge in [-0.1, -0.05) is 0 Å². The molecule has 4 N–H and O–H groups in total. The molecule has 1 saturated heterocycles. The van der Waals surface area contributed by atoms with Crippen LogP contribution in [-0.4, -0.2) is 89.2 Å². The lowest BCUT2D eigenvalue weighted by Crippen LogP contribution is -2.44. The number of carboxylic acids is 1. The van der Waals surface area contributed by atoms with Gasteiger partial charge in [-0.15, -0.1) is 0 Å². The lowest BCUT2D eigenvalue weighted by atomic mass is 10.1. The number of carbonyl (C=O) groups excluding carboxylic acids is 2. The highest BCUT2D eigenvalue weighted by Crippen LogP contribution is 2.30. The van der Waals surface area contributed by atoms with E-state index in [-0.39, 0.29) is 28.6 Å². The van der Waals surface area contributed by atoms with Crippen molar-refractivity contribution in [2.24, 2.45) is 0 Å². The molecule has 1 aliphatic rings. The van der Waals surface area contributed by atoms with Crippen LogP contribution in [-0.2, 0) is 19.6 Å². The third-order valence-electron chi connectivity index (χ3n) is 5.32. The third-order valence-corrected chi connectivity index (χ3v) is 6.70. The number of alkyl halides is 3. The lowest BCUT2D eigenvalue weighted by Gasteiger charge is -2.31. The summed E-state index contributed by atoms with van der Waals surface area (Å²) in [4.78, 5) is 36.5. The molecule has 0 aromatic heterocycles. The van der Waals surface area contributed by atoms with Crippen molar-refractivity contribution < 1.29 is 45.5 Å². The summed E-state index contributed by atoms with van der Waals surface area (Å²) in [6.45, 7) is 2.66. The summed E-state index contributed by atoms with van der Waals surface area (Å²) >= 11 is 0. The van der Waals surface area contributed by atoms with E-state index in [4.69, 9.17) is 9.90 Å². The third kappa shape index (κ3) is 9.10. The molecular weight excluding hydrogens is 550 g/mol. The Bertz CT molecular complexity index is 1280. The first kappa shape index (κ1) is 31.3. The number of carboxylic acid groups (broad SMARTS) is 1. The van der Waals surface area contributed by atoms with Gasteiger partial charge in [-0.2, -0.15) is 13.2 Å². The van der Waals surface area contributed by atoms with Crippen molar-refractivity contribution in [2.45, 2.75) is 11.1 Å².